The molecule has 0 radical (unpaired) electrons. The molecule has 0 aliphatic rings. The van der Waals surface area contributed by atoms with Crippen molar-refractivity contribution in [3.8, 4) is 11.3 Å². The molecule has 0 unspecified atom stereocenters. The van der Waals surface area contributed by atoms with Crippen LogP contribution in [0.4, 0.5) is 5.69 Å². The van der Waals surface area contributed by atoms with Crippen LogP contribution < -0.4 is 11.1 Å². The molecule has 3 rings (SSSR count). The number of nitrogens with one attached hydrogen (secondary N) is 2. The molecular weight excluding hydrogens is 310 g/mol. The number of rotatable bonds is 6. The van der Waals surface area contributed by atoms with E-state index in [-0.39, 0.29) is 0 Å². The fourth-order valence-electron chi connectivity index (χ4n) is 2.39. The summed E-state index contributed by atoms with van der Waals surface area (Å²) in [5.41, 5.74) is 10.5. The van der Waals surface area contributed by atoms with Crippen LogP contribution in [0.15, 0.2) is 79.4 Å². The van der Waals surface area contributed by atoms with Crippen molar-refractivity contribution in [2.45, 2.75) is 6.54 Å². The van der Waals surface area contributed by atoms with E-state index in [1.165, 1.54) is 0 Å². The highest BCUT2D eigenvalue weighted by Gasteiger charge is 2.06. The van der Waals surface area contributed by atoms with Gasteiger partial charge in [-0.1, -0.05) is 18.2 Å². The lowest BCUT2D eigenvalue weighted by Gasteiger charge is -2.08. The Balaban J connectivity index is 1.70. The van der Waals surface area contributed by atoms with Gasteiger partial charge < -0.3 is 16.5 Å². The third-order valence-electron chi connectivity index (χ3n) is 3.70. The fraction of sp³-hybridized carbons (Fsp3) is 0.0500. The first kappa shape index (κ1) is 16.4. The zero-order valence-corrected chi connectivity index (χ0v) is 13.7. The number of aromatic nitrogens is 2. The minimum atomic E-state index is 0.342. The van der Waals surface area contributed by atoms with Gasteiger partial charge in [0.2, 0.25) is 0 Å². The molecule has 0 fully saturated rings. The molecule has 0 atom stereocenters. The van der Waals surface area contributed by atoms with Crippen LogP contribution in [-0.4, -0.2) is 15.7 Å². The number of pyridine rings is 2. The van der Waals surface area contributed by atoms with Gasteiger partial charge in [-0.05, 0) is 48.2 Å². The number of nitrogen functional groups attached to an aromatic ring is 1. The Kier molecular flexibility index (Phi) is 5.16. The Hall–Kier alpha value is -3.47. The molecule has 4 N–H and O–H groups in total. The molecule has 2 heterocycles. The van der Waals surface area contributed by atoms with Crippen LogP contribution in [0.25, 0.3) is 11.3 Å². The van der Waals surface area contributed by atoms with Crippen molar-refractivity contribution in [2.75, 3.05) is 5.73 Å². The first-order chi connectivity index (χ1) is 12.2. The molecule has 0 saturated carbocycles. The molecule has 0 amide bonds. The van der Waals surface area contributed by atoms with Gasteiger partial charge in [0.25, 0.3) is 0 Å². The van der Waals surface area contributed by atoms with Crippen molar-refractivity contribution in [2.24, 2.45) is 0 Å². The Bertz CT molecular complexity index is 873. The van der Waals surface area contributed by atoms with E-state index in [4.69, 9.17) is 11.1 Å². The van der Waals surface area contributed by atoms with E-state index in [2.05, 4.69) is 15.3 Å². The second-order valence-electron chi connectivity index (χ2n) is 5.51. The van der Waals surface area contributed by atoms with Gasteiger partial charge in [0.05, 0.1) is 11.4 Å². The normalized spacial score (nSPS) is 10.7. The predicted molar refractivity (Wildman–Crippen MR) is 101 cm³/mol. The summed E-state index contributed by atoms with van der Waals surface area (Å²) in [6, 6.07) is 15.3. The number of hydrogen-bond donors (Lipinski definition) is 3. The lowest BCUT2D eigenvalue weighted by molar-refractivity contribution is 0.864. The molecule has 0 aliphatic carbocycles. The van der Waals surface area contributed by atoms with E-state index >= 15 is 0 Å². The molecule has 0 aliphatic heterocycles. The van der Waals surface area contributed by atoms with Gasteiger partial charge in [-0.15, -0.1) is 0 Å². The van der Waals surface area contributed by atoms with E-state index in [0.717, 1.165) is 16.8 Å². The van der Waals surface area contributed by atoms with Crippen LogP contribution in [0.3, 0.4) is 0 Å². The zero-order chi connectivity index (χ0) is 17.5. The number of nitrogens with two attached hydrogens (primary N) is 1. The second-order valence-corrected chi connectivity index (χ2v) is 5.51. The highest BCUT2D eigenvalue weighted by atomic mass is 14.8. The van der Waals surface area contributed by atoms with Crippen molar-refractivity contribution >= 4 is 11.4 Å². The summed E-state index contributed by atoms with van der Waals surface area (Å²) in [4.78, 5) is 8.41. The fourth-order valence-corrected chi connectivity index (χ4v) is 2.39. The van der Waals surface area contributed by atoms with Crippen molar-refractivity contribution in [3.05, 3.63) is 90.5 Å². The van der Waals surface area contributed by atoms with Crippen molar-refractivity contribution < 1.29 is 0 Å². The average Bonchev–Trinajstić information content (AvgIpc) is 2.67. The van der Waals surface area contributed by atoms with Crippen LogP contribution >= 0.6 is 0 Å². The summed E-state index contributed by atoms with van der Waals surface area (Å²) in [6.07, 6.45) is 8.75. The summed E-state index contributed by atoms with van der Waals surface area (Å²) in [6.45, 7) is 0.654. The van der Waals surface area contributed by atoms with Crippen LogP contribution in [0, 0.1) is 5.41 Å². The molecule has 124 valence electrons. The molecule has 3 aromatic rings. The Morgan fingerprint density at radius 1 is 1.12 bits per heavy atom. The van der Waals surface area contributed by atoms with E-state index in [1.54, 1.807) is 30.9 Å². The zero-order valence-electron chi connectivity index (χ0n) is 13.7. The summed E-state index contributed by atoms with van der Waals surface area (Å²) < 4.78 is 0. The number of anilines is 1. The van der Waals surface area contributed by atoms with Gasteiger partial charge in [0.1, 0.15) is 0 Å². The lowest BCUT2D eigenvalue weighted by atomic mass is 10.0. The van der Waals surface area contributed by atoms with Crippen molar-refractivity contribution in [1.82, 2.24) is 15.3 Å². The molecule has 25 heavy (non-hydrogen) atoms. The maximum absolute atomic E-state index is 8.27. The largest absolute Gasteiger partial charge is 0.398 e. The van der Waals surface area contributed by atoms with Crippen molar-refractivity contribution in [3.63, 3.8) is 0 Å². The molecule has 1 aromatic carbocycles. The maximum Gasteiger partial charge on any atom is 0.0702 e. The van der Waals surface area contributed by atoms with Crippen LogP contribution in [0.2, 0.25) is 0 Å². The van der Waals surface area contributed by atoms with E-state index in [0.29, 0.717) is 23.5 Å². The lowest BCUT2D eigenvalue weighted by Crippen LogP contribution is -2.07. The quantitative estimate of drug-likeness (QED) is 0.478. The van der Waals surface area contributed by atoms with Gasteiger partial charge in [0, 0.05) is 41.9 Å². The molecule has 2 aromatic heterocycles. The number of hydrogen-bond acceptors (Lipinski definition) is 5. The molecule has 0 bridgehead atoms. The molecular formula is C20H19N5. The third kappa shape index (κ3) is 4.29. The predicted octanol–water partition coefficient (Wildman–Crippen LogP) is 3.40. The molecule has 5 nitrogen and oxygen atoms in total. The summed E-state index contributed by atoms with van der Waals surface area (Å²) >= 11 is 0. The second kappa shape index (κ2) is 7.88. The Morgan fingerprint density at radius 3 is 2.80 bits per heavy atom. The maximum atomic E-state index is 8.27. The molecule has 0 spiro atoms. The number of benzene rings is 1. The van der Waals surface area contributed by atoms with Crippen LogP contribution in [-0.2, 0) is 6.54 Å². The first-order valence-corrected chi connectivity index (χ1v) is 7.93. The molecule has 0 saturated heterocycles. The molecule has 5 heteroatoms. The number of allylic oxidation sites excluding steroid dienone is 1. The standard InChI is InChI=1S/C20H19N5/c21-18-7-6-16(20-5-1-2-10-25-20)12-17(18)19(22)8-11-24-14-15-4-3-9-23-13-15/h1-13,22,24H,14,21H2/b11-8-,22-19?. The van der Waals surface area contributed by atoms with Gasteiger partial charge in [-0.2, -0.15) is 0 Å². The van der Waals surface area contributed by atoms with E-state index in [9.17, 15) is 0 Å². The van der Waals surface area contributed by atoms with Gasteiger partial charge in [-0.25, -0.2) is 0 Å². The van der Waals surface area contributed by atoms with Crippen LogP contribution in [0.5, 0.6) is 0 Å². The first-order valence-electron chi connectivity index (χ1n) is 7.93. The van der Waals surface area contributed by atoms with Gasteiger partial charge in [0.15, 0.2) is 0 Å². The minimum absolute atomic E-state index is 0.342. The van der Waals surface area contributed by atoms with E-state index < -0.39 is 0 Å². The Morgan fingerprint density at radius 2 is 2.04 bits per heavy atom. The summed E-state index contributed by atoms with van der Waals surface area (Å²) in [5, 5.41) is 11.4. The highest BCUT2D eigenvalue weighted by molar-refractivity contribution is 6.10. The minimum Gasteiger partial charge on any atom is -0.398 e. The smallest absolute Gasteiger partial charge is 0.0702 e. The topological polar surface area (TPSA) is 87.7 Å². The summed E-state index contributed by atoms with van der Waals surface area (Å²) in [5.74, 6) is 0. The van der Waals surface area contributed by atoms with Gasteiger partial charge >= 0.3 is 0 Å². The highest BCUT2D eigenvalue weighted by Crippen LogP contribution is 2.22. The average molecular weight is 329 g/mol. The third-order valence-corrected chi connectivity index (χ3v) is 3.70. The van der Waals surface area contributed by atoms with Crippen LogP contribution in [0.1, 0.15) is 11.1 Å². The van der Waals surface area contributed by atoms with Crippen molar-refractivity contribution in [1.29, 1.82) is 5.41 Å². The number of nitrogens with zero attached hydrogens (tertiary/aromatic N) is 2. The van der Waals surface area contributed by atoms with E-state index in [1.807, 2.05) is 48.5 Å². The SMILES string of the molecule is N=C(/C=C\NCc1cccnc1)c1cc(-c2ccccn2)ccc1N. The Labute approximate surface area is 146 Å². The summed E-state index contributed by atoms with van der Waals surface area (Å²) in [7, 11) is 0. The van der Waals surface area contributed by atoms with Gasteiger partial charge in [-0.3, -0.25) is 9.97 Å². The monoisotopic (exact) mass is 329 g/mol.